The Kier molecular flexibility index (Phi) is 37.0. The molecule has 18 nitrogen and oxygen atoms in total. The van der Waals surface area contributed by atoms with Crippen LogP contribution in [0.15, 0.2) is 33.7 Å². The van der Waals surface area contributed by atoms with Crippen molar-refractivity contribution in [1.29, 1.82) is 0 Å². The number of hydrogen-bond donors (Lipinski definition) is 0. The number of hydrogen-bond acceptors (Lipinski definition) is 18. The minimum Gasteiger partial charge on any atom is -0.873 e. The van der Waals surface area contributed by atoms with Crippen molar-refractivity contribution in [3.8, 4) is 0 Å². The summed E-state index contributed by atoms with van der Waals surface area (Å²) in [5.74, 6) is -0.300. The van der Waals surface area contributed by atoms with E-state index in [0.29, 0.717) is 13.1 Å². The molecular formula is C52H94N2O16P2Tc. The second-order valence-electron chi connectivity index (χ2n) is 19.5. The van der Waals surface area contributed by atoms with Gasteiger partial charge in [0.25, 0.3) is 0 Å². The third-order valence-electron chi connectivity index (χ3n) is 13.0. The van der Waals surface area contributed by atoms with E-state index in [1.807, 2.05) is 0 Å². The molecule has 0 aromatic carbocycles. The Hall–Kier alpha value is -0.631. The Morgan fingerprint density at radius 3 is 0.781 bits per heavy atom. The molecular weight excluding hydrogens is 1070 g/mol. The summed E-state index contributed by atoms with van der Waals surface area (Å²) in [6, 6.07) is 0. The fraction of sp³-hybridized carbons (Fsp3) is 0.885. The summed E-state index contributed by atoms with van der Waals surface area (Å²) in [4.78, 5) is 8.09. The Balaban J connectivity index is 0.000000288. The molecule has 0 N–H and O–H groups in total. The van der Waals surface area contributed by atoms with E-state index >= 15 is 0 Å². The number of aliphatic imine (C=N–C) groups is 2. The number of ether oxygens (including phenoxy) is 14. The Morgan fingerprint density at radius 2 is 0.603 bits per heavy atom. The third kappa shape index (κ3) is 30.4. The van der Waals surface area contributed by atoms with E-state index in [1.54, 1.807) is 27.7 Å². The van der Waals surface area contributed by atoms with Crippen LogP contribution in [0.3, 0.4) is 0 Å². The smallest absolute Gasteiger partial charge is 0.161 e. The fourth-order valence-corrected chi connectivity index (χ4v) is 13.4. The number of allylic oxidation sites excluding steroid dienone is 2. The van der Waals surface area contributed by atoms with Gasteiger partial charge in [-0.25, -0.2) is 0 Å². The SMILES string of the molecule is C1COC(CC[PH+](CCC2OCCCO2)CCC2OCCCO2)OC1.C1COC(CC[PH+](CCC2OCCCO2)CCC2OCCCO2)OC1.COC(C)(C)/C([O-])=C/C=NCCN=C/C=C(\[O-])C(C)(C)OC.[99Tc]. The normalized spacial score (nSPS) is 21.6. The molecule has 6 aliphatic rings. The summed E-state index contributed by atoms with van der Waals surface area (Å²) in [7, 11) is 1.93. The van der Waals surface area contributed by atoms with Crippen molar-refractivity contribution >= 4 is 28.3 Å². The van der Waals surface area contributed by atoms with Crippen LogP contribution >= 0.6 is 15.8 Å². The number of nitrogens with zero attached hydrogens (tertiary/aromatic N) is 2. The van der Waals surface area contributed by atoms with Crippen molar-refractivity contribution in [2.24, 2.45) is 9.98 Å². The molecule has 6 saturated heterocycles. The maximum Gasteiger partial charge on any atom is 0.161 e. The zero-order valence-electron chi connectivity index (χ0n) is 45.2. The summed E-state index contributed by atoms with van der Waals surface area (Å²) in [6.07, 6.45) is 25.0. The first-order chi connectivity index (χ1) is 35.0. The van der Waals surface area contributed by atoms with Crippen LogP contribution in [0.25, 0.3) is 0 Å². The molecule has 73 heavy (non-hydrogen) atoms. The number of methoxy groups -OCH3 is 2. The van der Waals surface area contributed by atoms with Gasteiger partial charge in [-0.15, -0.1) is 0 Å². The second kappa shape index (κ2) is 40.5. The van der Waals surface area contributed by atoms with Crippen LogP contribution in [-0.4, -0.2) is 205 Å². The molecule has 6 heterocycles. The molecule has 6 fully saturated rings. The molecule has 0 aliphatic carbocycles. The fourth-order valence-electron chi connectivity index (χ4n) is 8.01. The van der Waals surface area contributed by atoms with Crippen LogP contribution in [0.1, 0.15) is 105 Å². The Labute approximate surface area is 453 Å². The van der Waals surface area contributed by atoms with E-state index in [-0.39, 0.29) is 69.4 Å². The molecule has 0 bridgehead atoms. The van der Waals surface area contributed by atoms with E-state index in [9.17, 15) is 10.2 Å². The van der Waals surface area contributed by atoms with Gasteiger partial charge >= 0.3 is 0 Å². The first kappa shape index (κ1) is 66.6. The van der Waals surface area contributed by atoms with Crippen molar-refractivity contribution in [2.45, 2.75) is 154 Å². The molecule has 0 aromatic rings. The third-order valence-corrected chi connectivity index (χ3v) is 19.0. The van der Waals surface area contributed by atoms with Crippen molar-refractivity contribution in [3.63, 3.8) is 0 Å². The monoisotopic (exact) mass is 1160 g/mol. The molecule has 0 spiro atoms. The molecule has 21 heteroatoms. The molecule has 0 aromatic heterocycles. The van der Waals surface area contributed by atoms with E-state index < -0.39 is 27.0 Å². The molecule has 6 aliphatic heterocycles. The van der Waals surface area contributed by atoms with E-state index in [2.05, 4.69) is 9.98 Å². The summed E-state index contributed by atoms with van der Waals surface area (Å²) >= 11 is 0. The van der Waals surface area contributed by atoms with Gasteiger partial charge < -0.3 is 76.5 Å². The average Bonchev–Trinajstić information content (AvgIpc) is 3.43. The predicted molar refractivity (Wildman–Crippen MR) is 280 cm³/mol. The topological polar surface area (TPSA) is 200 Å². The van der Waals surface area contributed by atoms with Crippen LogP contribution in [0.2, 0.25) is 0 Å². The minimum atomic E-state index is -0.840. The summed E-state index contributed by atoms with van der Waals surface area (Å²) in [6.45, 7) is 17.6. The zero-order chi connectivity index (χ0) is 51.5. The van der Waals surface area contributed by atoms with Crippen LogP contribution in [0.4, 0.5) is 0 Å². The summed E-state index contributed by atoms with van der Waals surface area (Å²) in [5, 5.41) is 23.3. The average molecular weight is 1160 g/mol. The molecule has 0 unspecified atom stereocenters. The van der Waals surface area contributed by atoms with Gasteiger partial charge in [-0.2, -0.15) is 0 Å². The van der Waals surface area contributed by atoms with Gasteiger partial charge in [-0.1, -0.05) is 23.7 Å². The van der Waals surface area contributed by atoms with Crippen molar-refractivity contribution in [2.75, 3.05) is 144 Å². The van der Waals surface area contributed by atoms with Gasteiger partial charge in [0.1, 0.15) is 0 Å². The maximum atomic E-state index is 11.7. The van der Waals surface area contributed by atoms with E-state index in [0.717, 1.165) is 156 Å². The molecule has 6 rings (SSSR count). The van der Waals surface area contributed by atoms with Crippen LogP contribution in [0, 0.1) is 0 Å². The molecule has 425 valence electrons. The van der Waals surface area contributed by atoms with Gasteiger partial charge in [0.2, 0.25) is 0 Å². The van der Waals surface area contributed by atoms with Crippen molar-refractivity contribution in [3.05, 3.63) is 23.7 Å². The zero-order valence-corrected chi connectivity index (χ0v) is 49.1. The largest absolute Gasteiger partial charge is 0.873 e. The number of rotatable bonds is 27. The maximum absolute atomic E-state index is 11.7. The molecule has 1 radical (unpaired) electrons. The van der Waals surface area contributed by atoms with Gasteiger partial charge in [0.15, 0.2) is 37.7 Å². The van der Waals surface area contributed by atoms with E-state index in [1.165, 1.54) is 75.8 Å². The van der Waals surface area contributed by atoms with Gasteiger partial charge in [0.05, 0.1) is 141 Å². The Morgan fingerprint density at radius 1 is 0.411 bits per heavy atom. The van der Waals surface area contributed by atoms with Crippen LogP contribution in [0.5, 0.6) is 0 Å². The Bertz CT molecular complexity index is 1270. The van der Waals surface area contributed by atoms with Crippen LogP contribution < -0.4 is 10.2 Å². The first-order valence-corrected chi connectivity index (χ1v) is 31.1. The quantitative estimate of drug-likeness (QED) is 0.0414. The molecule has 0 amide bonds. The summed E-state index contributed by atoms with van der Waals surface area (Å²) < 4.78 is 78.7. The molecule has 0 atom stereocenters. The second-order valence-corrected chi connectivity index (χ2v) is 25.5. The van der Waals surface area contributed by atoms with Crippen LogP contribution in [-0.2, 0) is 86.4 Å². The minimum absolute atomic E-state index is 0. The van der Waals surface area contributed by atoms with Crippen molar-refractivity contribution < 1.29 is 96.6 Å². The predicted octanol–water partition coefficient (Wildman–Crippen LogP) is 5.78. The molecule has 0 saturated carbocycles. The van der Waals surface area contributed by atoms with Crippen molar-refractivity contribution in [1.82, 2.24) is 0 Å². The van der Waals surface area contributed by atoms with E-state index in [4.69, 9.17) is 66.3 Å². The van der Waals surface area contributed by atoms with Gasteiger partial charge in [-0.3, -0.25) is 9.98 Å². The first-order valence-electron chi connectivity index (χ1n) is 26.9. The standard InChI is InChI=1S/2C18H33O6P.C16H28N2O4.Tc/c2*1-7-19-16(20-8-1)4-13-25(14-5-17-21-9-2-10-22-17)15-6-18-23-11-3-12-24-18;1-15(2,21-5)13(19)7-9-17-11-12-18-10-8-14(20)16(3,4)22-6;/h2*16-18H,1-15H2;7-10,19-20H,11-12H2,1-6H3;/b;;13-7-,14-8-,17-9?,18-10?;/i;;;1+1. The summed E-state index contributed by atoms with van der Waals surface area (Å²) in [5.41, 5.74) is -1.68. The van der Waals surface area contributed by atoms with Gasteiger partial charge in [0, 0.05) is 101 Å². The van der Waals surface area contributed by atoms with Gasteiger partial charge in [-0.05, 0) is 66.2 Å².